The van der Waals surface area contributed by atoms with Crippen molar-refractivity contribution in [1.29, 1.82) is 0 Å². The third kappa shape index (κ3) is 4.41. The SMILES string of the molecule is CC(C)CN(C(=O)c1ccccc1)C1CC(O)C2CN(C)CCC2(c2cccc(O)c2)C1. The Hall–Kier alpha value is -2.37. The second-order valence-corrected chi connectivity index (χ2v) is 10.2. The van der Waals surface area contributed by atoms with Gasteiger partial charge in [-0.25, -0.2) is 0 Å². The Balaban J connectivity index is 1.73. The average Bonchev–Trinajstić information content (AvgIpc) is 2.78. The lowest BCUT2D eigenvalue weighted by atomic mass is 9.56. The molecule has 1 saturated carbocycles. The number of likely N-dealkylation sites (tertiary alicyclic amines) is 1. The number of phenolic OH excluding ortho intramolecular Hbond substituents is 1. The smallest absolute Gasteiger partial charge is 0.254 e. The molecule has 2 aromatic rings. The number of piperidine rings is 1. The molecule has 1 aliphatic carbocycles. The summed E-state index contributed by atoms with van der Waals surface area (Å²) in [5, 5.41) is 21.6. The molecule has 5 heteroatoms. The molecule has 2 aromatic carbocycles. The number of nitrogens with zero attached hydrogens (tertiary/aromatic N) is 2. The van der Waals surface area contributed by atoms with E-state index in [1.165, 1.54) is 0 Å². The molecule has 172 valence electrons. The van der Waals surface area contributed by atoms with Crippen molar-refractivity contribution in [3.63, 3.8) is 0 Å². The third-order valence-corrected chi connectivity index (χ3v) is 7.44. The number of rotatable bonds is 5. The zero-order valence-electron chi connectivity index (χ0n) is 19.4. The Labute approximate surface area is 191 Å². The molecule has 2 aliphatic rings. The van der Waals surface area contributed by atoms with Crippen LogP contribution in [0.25, 0.3) is 0 Å². The number of aliphatic hydroxyl groups is 1. The van der Waals surface area contributed by atoms with Crippen LogP contribution in [0.2, 0.25) is 0 Å². The van der Waals surface area contributed by atoms with E-state index in [-0.39, 0.29) is 29.0 Å². The molecule has 1 amide bonds. The number of aliphatic hydroxyl groups excluding tert-OH is 1. The van der Waals surface area contributed by atoms with Gasteiger partial charge in [-0.2, -0.15) is 0 Å². The first kappa shape index (κ1) is 22.8. The van der Waals surface area contributed by atoms with Gasteiger partial charge in [0.25, 0.3) is 5.91 Å². The first-order valence-corrected chi connectivity index (χ1v) is 11.8. The van der Waals surface area contributed by atoms with Gasteiger partial charge in [0.1, 0.15) is 5.75 Å². The fourth-order valence-electron chi connectivity index (χ4n) is 5.93. The highest BCUT2D eigenvalue weighted by molar-refractivity contribution is 5.94. The number of benzene rings is 2. The standard InChI is InChI=1S/C27H36N2O3/c1-19(2)17-29(26(32)20-8-5-4-6-9-20)22-15-25(31)24-18-28(3)13-12-27(24,16-22)21-10-7-11-23(30)14-21/h4-11,14,19,22,24-25,30-31H,12-13,15-18H2,1-3H3. The van der Waals surface area contributed by atoms with E-state index in [0.717, 1.165) is 31.5 Å². The van der Waals surface area contributed by atoms with Gasteiger partial charge >= 0.3 is 0 Å². The Morgan fingerprint density at radius 1 is 1.19 bits per heavy atom. The molecule has 0 radical (unpaired) electrons. The number of fused-ring (bicyclic) bond motifs is 1. The van der Waals surface area contributed by atoms with E-state index in [4.69, 9.17) is 0 Å². The molecule has 0 bridgehead atoms. The fourth-order valence-corrected chi connectivity index (χ4v) is 5.93. The largest absolute Gasteiger partial charge is 0.508 e. The minimum absolute atomic E-state index is 0.0361. The summed E-state index contributed by atoms with van der Waals surface area (Å²) < 4.78 is 0. The number of carbonyl (C=O) groups is 1. The van der Waals surface area contributed by atoms with E-state index in [0.29, 0.717) is 24.4 Å². The first-order chi connectivity index (χ1) is 15.3. The van der Waals surface area contributed by atoms with Crippen molar-refractivity contribution < 1.29 is 15.0 Å². The Kier molecular flexibility index (Phi) is 6.59. The maximum Gasteiger partial charge on any atom is 0.254 e. The summed E-state index contributed by atoms with van der Waals surface area (Å²) >= 11 is 0. The van der Waals surface area contributed by atoms with Crippen molar-refractivity contribution in [2.24, 2.45) is 11.8 Å². The van der Waals surface area contributed by atoms with Crippen LogP contribution in [0.15, 0.2) is 54.6 Å². The summed E-state index contributed by atoms with van der Waals surface area (Å²) in [7, 11) is 2.11. The van der Waals surface area contributed by atoms with Crippen molar-refractivity contribution >= 4 is 5.91 Å². The van der Waals surface area contributed by atoms with Gasteiger partial charge in [-0.1, -0.05) is 44.2 Å². The summed E-state index contributed by atoms with van der Waals surface area (Å²) in [5.74, 6) is 0.693. The van der Waals surface area contributed by atoms with Crippen molar-refractivity contribution in [2.75, 3.05) is 26.7 Å². The molecule has 2 fully saturated rings. The second-order valence-electron chi connectivity index (χ2n) is 10.2. The van der Waals surface area contributed by atoms with E-state index >= 15 is 0 Å². The maximum absolute atomic E-state index is 13.6. The Morgan fingerprint density at radius 3 is 2.62 bits per heavy atom. The summed E-state index contributed by atoms with van der Waals surface area (Å²) in [6.45, 7) is 6.68. The van der Waals surface area contributed by atoms with Gasteiger partial charge in [-0.05, 0) is 68.6 Å². The summed E-state index contributed by atoms with van der Waals surface area (Å²) in [4.78, 5) is 17.9. The molecule has 1 heterocycles. The number of carbonyl (C=O) groups excluding carboxylic acids is 1. The maximum atomic E-state index is 13.6. The van der Waals surface area contributed by atoms with Gasteiger partial charge in [0, 0.05) is 36.0 Å². The summed E-state index contributed by atoms with van der Waals surface area (Å²) in [6.07, 6.45) is 1.79. The van der Waals surface area contributed by atoms with Crippen LogP contribution in [0, 0.1) is 11.8 Å². The molecule has 5 nitrogen and oxygen atoms in total. The predicted octanol–water partition coefficient (Wildman–Crippen LogP) is 3.90. The van der Waals surface area contributed by atoms with Crippen LogP contribution in [0.3, 0.4) is 0 Å². The van der Waals surface area contributed by atoms with Crippen LogP contribution >= 0.6 is 0 Å². The quantitative estimate of drug-likeness (QED) is 0.746. The lowest BCUT2D eigenvalue weighted by molar-refractivity contribution is -0.0606. The molecular weight excluding hydrogens is 400 g/mol. The van der Waals surface area contributed by atoms with E-state index in [1.54, 1.807) is 6.07 Å². The highest BCUT2D eigenvalue weighted by Gasteiger charge is 2.53. The lowest BCUT2D eigenvalue weighted by Gasteiger charge is -2.56. The molecule has 32 heavy (non-hydrogen) atoms. The van der Waals surface area contributed by atoms with Crippen molar-refractivity contribution in [1.82, 2.24) is 9.80 Å². The molecule has 4 atom stereocenters. The molecule has 2 N–H and O–H groups in total. The van der Waals surface area contributed by atoms with Crippen molar-refractivity contribution in [3.05, 3.63) is 65.7 Å². The molecule has 4 rings (SSSR count). The van der Waals surface area contributed by atoms with E-state index in [9.17, 15) is 15.0 Å². The van der Waals surface area contributed by atoms with E-state index in [1.807, 2.05) is 47.4 Å². The summed E-state index contributed by atoms with van der Waals surface area (Å²) in [5.41, 5.74) is 1.51. The number of phenols is 1. The number of aromatic hydroxyl groups is 1. The summed E-state index contributed by atoms with van der Waals surface area (Å²) in [6, 6.07) is 17.0. The fraction of sp³-hybridized carbons (Fsp3) is 0.519. The van der Waals surface area contributed by atoms with E-state index in [2.05, 4.69) is 31.9 Å². The van der Waals surface area contributed by atoms with Crippen LogP contribution in [0.4, 0.5) is 0 Å². The monoisotopic (exact) mass is 436 g/mol. The van der Waals surface area contributed by atoms with Gasteiger partial charge in [0.05, 0.1) is 6.10 Å². The van der Waals surface area contributed by atoms with Crippen molar-refractivity contribution in [3.8, 4) is 5.75 Å². The minimum atomic E-state index is -0.503. The Morgan fingerprint density at radius 2 is 1.94 bits per heavy atom. The average molecular weight is 437 g/mol. The topological polar surface area (TPSA) is 64.0 Å². The molecular formula is C27H36N2O3. The zero-order chi connectivity index (χ0) is 22.9. The van der Waals surface area contributed by atoms with Crippen LogP contribution < -0.4 is 0 Å². The lowest BCUT2D eigenvalue weighted by Crippen LogP contribution is -2.61. The van der Waals surface area contributed by atoms with E-state index < -0.39 is 6.10 Å². The van der Waals surface area contributed by atoms with Gasteiger partial charge < -0.3 is 20.0 Å². The van der Waals surface area contributed by atoms with Crippen molar-refractivity contribution in [2.45, 2.75) is 50.7 Å². The van der Waals surface area contributed by atoms with Crippen LogP contribution in [-0.4, -0.2) is 64.7 Å². The number of hydrogen-bond acceptors (Lipinski definition) is 4. The highest BCUT2D eigenvalue weighted by Crippen LogP contribution is 2.50. The van der Waals surface area contributed by atoms with Gasteiger partial charge in [0.2, 0.25) is 0 Å². The van der Waals surface area contributed by atoms with Crippen LogP contribution in [0.5, 0.6) is 5.75 Å². The molecule has 0 aromatic heterocycles. The number of hydrogen-bond donors (Lipinski definition) is 2. The van der Waals surface area contributed by atoms with Gasteiger partial charge in [-0.3, -0.25) is 4.79 Å². The second kappa shape index (κ2) is 9.24. The highest BCUT2D eigenvalue weighted by atomic mass is 16.3. The molecule has 1 aliphatic heterocycles. The molecule has 0 spiro atoms. The first-order valence-electron chi connectivity index (χ1n) is 11.8. The third-order valence-electron chi connectivity index (χ3n) is 7.44. The van der Waals surface area contributed by atoms with Crippen LogP contribution in [0.1, 0.15) is 49.0 Å². The molecule has 4 unspecified atom stereocenters. The molecule has 1 saturated heterocycles. The normalized spacial score (nSPS) is 28.3. The van der Waals surface area contributed by atoms with Gasteiger partial charge in [-0.15, -0.1) is 0 Å². The predicted molar refractivity (Wildman–Crippen MR) is 127 cm³/mol. The Bertz CT molecular complexity index is 932. The van der Waals surface area contributed by atoms with Crippen LogP contribution in [-0.2, 0) is 5.41 Å². The van der Waals surface area contributed by atoms with Gasteiger partial charge in [0.15, 0.2) is 0 Å². The number of amides is 1. The minimum Gasteiger partial charge on any atom is -0.508 e. The zero-order valence-corrected chi connectivity index (χ0v) is 19.4.